The molecule has 0 bridgehead atoms. The van der Waals surface area contributed by atoms with Gasteiger partial charge in [0, 0.05) is 7.11 Å². The van der Waals surface area contributed by atoms with Crippen LogP contribution in [-0.2, 0) is 4.74 Å². The van der Waals surface area contributed by atoms with Crippen molar-refractivity contribution in [3.8, 4) is 0 Å². The standard InChI is InChI=1S/C3H7N2O2/c1-7-2-5-3(4)6/h4H,2H2,1H3,(H,5,6). The SMILES string of the molecule is COCNC([NH])=O. The summed E-state index contributed by atoms with van der Waals surface area (Å²) in [4.78, 5) is 9.68. The van der Waals surface area contributed by atoms with E-state index in [0.29, 0.717) is 0 Å². The molecule has 2 N–H and O–H groups in total. The molecule has 0 aliphatic rings. The fourth-order valence-corrected chi connectivity index (χ4v) is 0.138. The lowest BCUT2D eigenvalue weighted by atomic mass is 11.0. The summed E-state index contributed by atoms with van der Waals surface area (Å²) >= 11 is 0. The van der Waals surface area contributed by atoms with E-state index in [1.165, 1.54) is 7.11 Å². The summed E-state index contributed by atoms with van der Waals surface area (Å²) in [5, 5.41) is 2.10. The Morgan fingerprint density at radius 2 is 2.57 bits per heavy atom. The number of nitrogens with one attached hydrogen (secondary N) is 2. The Balaban J connectivity index is 2.82. The molecule has 0 saturated heterocycles. The Hall–Kier alpha value is -0.770. The van der Waals surface area contributed by atoms with Gasteiger partial charge >= 0.3 is 6.03 Å². The molecule has 0 fully saturated rings. The van der Waals surface area contributed by atoms with E-state index < -0.39 is 6.03 Å². The summed E-state index contributed by atoms with van der Waals surface area (Å²) in [6.45, 7) is 0.113. The molecule has 0 aromatic heterocycles. The third-order valence-electron chi connectivity index (χ3n) is 0.377. The minimum atomic E-state index is -0.818. The number of rotatable bonds is 2. The number of hydrogen-bond donors (Lipinski definition) is 1. The van der Waals surface area contributed by atoms with Crippen LogP contribution >= 0.6 is 0 Å². The summed E-state index contributed by atoms with van der Waals surface area (Å²) < 4.78 is 4.40. The summed E-state index contributed by atoms with van der Waals surface area (Å²) in [6, 6.07) is -0.818. The average molecular weight is 103 g/mol. The van der Waals surface area contributed by atoms with Crippen molar-refractivity contribution in [1.82, 2.24) is 11.1 Å². The molecular formula is C3H7N2O2. The van der Waals surface area contributed by atoms with Crippen molar-refractivity contribution >= 4 is 6.03 Å². The first-order valence-corrected chi connectivity index (χ1v) is 1.75. The summed E-state index contributed by atoms with van der Waals surface area (Å²) in [6.07, 6.45) is 0. The largest absolute Gasteiger partial charge is 0.364 e. The molecule has 0 saturated carbocycles. The number of carbonyl (C=O) groups excluding carboxylic acids is 1. The number of methoxy groups -OCH3 is 1. The van der Waals surface area contributed by atoms with E-state index in [2.05, 4.69) is 10.1 Å². The molecule has 0 aromatic rings. The van der Waals surface area contributed by atoms with Gasteiger partial charge in [-0.3, -0.25) is 0 Å². The van der Waals surface area contributed by atoms with Crippen molar-refractivity contribution in [3.63, 3.8) is 0 Å². The van der Waals surface area contributed by atoms with E-state index >= 15 is 0 Å². The molecule has 4 nitrogen and oxygen atoms in total. The molecule has 0 aliphatic carbocycles. The third-order valence-corrected chi connectivity index (χ3v) is 0.377. The number of ether oxygens (including phenoxy) is 1. The highest BCUT2D eigenvalue weighted by Crippen LogP contribution is 1.58. The van der Waals surface area contributed by atoms with Gasteiger partial charge in [0.2, 0.25) is 0 Å². The van der Waals surface area contributed by atoms with Gasteiger partial charge in [-0.05, 0) is 0 Å². The van der Waals surface area contributed by atoms with Crippen LogP contribution in [0.3, 0.4) is 0 Å². The predicted octanol–water partition coefficient (Wildman–Crippen LogP) is -0.417. The molecule has 0 spiro atoms. The van der Waals surface area contributed by atoms with Crippen LogP contribution in [0.5, 0.6) is 0 Å². The molecule has 41 valence electrons. The van der Waals surface area contributed by atoms with Crippen LogP contribution in [-0.4, -0.2) is 19.9 Å². The van der Waals surface area contributed by atoms with E-state index in [4.69, 9.17) is 5.73 Å². The summed E-state index contributed by atoms with van der Waals surface area (Å²) in [7, 11) is 1.44. The lowest BCUT2D eigenvalue weighted by molar-refractivity contribution is 0.175. The summed E-state index contributed by atoms with van der Waals surface area (Å²) in [5.41, 5.74) is 6.25. The maximum Gasteiger partial charge on any atom is 0.335 e. The van der Waals surface area contributed by atoms with Crippen molar-refractivity contribution in [2.75, 3.05) is 13.8 Å². The van der Waals surface area contributed by atoms with Crippen LogP contribution in [0.2, 0.25) is 0 Å². The van der Waals surface area contributed by atoms with Gasteiger partial charge in [-0.1, -0.05) is 0 Å². The van der Waals surface area contributed by atoms with Crippen molar-refractivity contribution in [3.05, 3.63) is 0 Å². The molecule has 4 heteroatoms. The Morgan fingerprint density at radius 3 is 2.71 bits per heavy atom. The molecule has 0 atom stereocenters. The predicted molar refractivity (Wildman–Crippen MR) is 23.5 cm³/mol. The lowest BCUT2D eigenvalue weighted by Gasteiger charge is -1.93. The smallest absolute Gasteiger partial charge is 0.335 e. The highest BCUT2D eigenvalue weighted by molar-refractivity contribution is 5.70. The van der Waals surface area contributed by atoms with Gasteiger partial charge in [-0.25, -0.2) is 10.5 Å². The zero-order chi connectivity index (χ0) is 5.70. The quantitative estimate of drug-likeness (QED) is 0.482. The van der Waals surface area contributed by atoms with E-state index in [0.717, 1.165) is 0 Å². The lowest BCUT2D eigenvalue weighted by Crippen LogP contribution is -2.24. The van der Waals surface area contributed by atoms with Gasteiger partial charge in [-0.2, -0.15) is 0 Å². The van der Waals surface area contributed by atoms with Gasteiger partial charge in [0.25, 0.3) is 0 Å². The first kappa shape index (κ1) is 6.23. The second-order valence-electron chi connectivity index (χ2n) is 0.939. The van der Waals surface area contributed by atoms with Gasteiger partial charge in [0.1, 0.15) is 6.73 Å². The van der Waals surface area contributed by atoms with Crippen LogP contribution < -0.4 is 11.1 Å². The van der Waals surface area contributed by atoms with Crippen LogP contribution in [0.15, 0.2) is 0 Å². The fraction of sp³-hybridized carbons (Fsp3) is 0.667. The minimum absolute atomic E-state index is 0.113. The molecule has 2 amide bonds. The first-order chi connectivity index (χ1) is 3.27. The third kappa shape index (κ3) is 5.23. The second-order valence-corrected chi connectivity index (χ2v) is 0.939. The highest BCUT2D eigenvalue weighted by Gasteiger charge is 1.85. The van der Waals surface area contributed by atoms with Gasteiger partial charge in [0.15, 0.2) is 0 Å². The normalized spacial score (nSPS) is 8.14. The number of urea groups is 1. The van der Waals surface area contributed by atoms with E-state index in [9.17, 15) is 4.79 Å². The van der Waals surface area contributed by atoms with Gasteiger partial charge in [-0.15, -0.1) is 0 Å². The number of carbonyl (C=O) groups is 1. The van der Waals surface area contributed by atoms with E-state index in [1.807, 2.05) is 0 Å². The van der Waals surface area contributed by atoms with Crippen molar-refractivity contribution in [2.24, 2.45) is 0 Å². The Labute approximate surface area is 41.6 Å². The van der Waals surface area contributed by atoms with E-state index in [-0.39, 0.29) is 6.73 Å². The molecule has 0 aromatic carbocycles. The molecule has 0 aliphatic heterocycles. The maximum absolute atomic E-state index is 9.68. The van der Waals surface area contributed by atoms with Gasteiger partial charge < -0.3 is 10.1 Å². The Morgan fingerprint density at radius 1 is 2.00 bits per heavy atom. The van der Waals surface area contributed by atoms with Crippen molar-refractivity contribution in [2.45, 2.75) is 0 Å². The summed E-state index contributed by atoms with van der Waals surface area (Å²) in [5.74, 6) is 0. The molecule has 7 heavy (non-hydrogen) atoms. The van der Waals surface area contributed by atoms with E-state index in [1.54, 1.807) is 0 Å². The molecular weight excluding hydrogens is 96.0 g/mol. The zero-order valence-electron chi connectivity index (χ0n) is 4.02. The van der Waals surface area contributed by atoms with Crippen molar-refractivity contribution in [1.29, 1.82) is 0 Å². The zero-order valence-corrected chi connectivity index (χ0v) is 4.02. The maximum atomic E-state index is 9.68. The number of amides is 2. The molecule has 0 rings (SSSR count). The van der Waals surface area contributed by atoms with Crippen LogP contribution in [0, 0.1) is 0 Å². The fourth-order valence-electron chi connectivity index (χ4n) is 0.138. The second kappa shape index (κ2) is 3.42. The molecule has 1 radical (unpaired) electrons. The van der Waals surface area contributed by atoms with Crippen LogP contribution in [0.25, 0.3) is 0 Å². The highest BCUT2D eigenvalue weighted by atomic mass is 16.5. The Kier molecular flexibility index (Phi) is 3.04. The van der Waals surface area contributed by atoms with Crippen LogP contribution in [0.1, 0.15) is 0 Å². The average Bonchev–Trinajstić information content (AvgIpc) is 1.61. The van der Waals surface area contributed by atoms with Crippen LogP contribution in [0.4, 0.5) is 4.79 Å². The first-order valence-electron chi connectivity index (χ1n) is 1.75. The number of hydrogen-bond acceptors (Lipinski definition) is 2. The minimum Gasteiger partial charge on any atom is -0.364 e. The Bertz CT molecular complexity index is 64.0. The topological polar surface area (TPSA) is 62.1 Å². The monoisotopic (exact) mass is 103 g/mol. The molecule has 0 heterocycles. The van der Waals surface area contributed by atoms with Gasteiger partial charge in [0.05, 0.1) is 0 Å². The van der Waals surface area contributed by atoms with Crippen molar-refractivity contribution < 1.29 is 9.53 Å². The molecule has 0 unspecified atom stereocenters.